The van der Waals surface area contributed by atoms with Gasteiger partial charge in [-0.1, -0.05) is 12.1 Å². The SMILES string of the molecule is O=S(=O)(c1cc(C(F)(F)F)cc(C(F)(F)F)c1)N1CCC(Nc2nccc(C3C(c4ccc(F)cc4)N=C4OC=CN43)n2)CC1. The molecule has 3 aliphatic rings. The topological polar surface area (TPSA) is 100 Å². The molecule has 1 aromatic heterocycles. The largest absolute Gasteiger partial charge is 0.432 e. The van der Waals surface area contributed by atoms with Crippen LogP contribution in [0.1, 0.15) is 47.3 Å². The maximum Gasteiger partial charge on any atom is 0.416 e. The van der Waals surface area contributed by atoms with Gasteiger partial charge in [0.15, 0.2) is 0 Å². The van der Waals surface area contributed by atoms with Gasteiger partial charge in [0.05, 0.1) is 21.7 Å². The average Bonchev–Trinajstić information content (AvgIpc) is 3.59. The predicted octanol–water partition coefficient (Wildman–Crippen LogP) is 5.87. The molecule has 0 spiro atoms. The fourth-order valence-electron chi connectivity index (χ4n) is 5.41. The molecular formula is C28H23F7N6O3S. The second kappa shape index (κ2) is 11.3. The number of rotatable bonds is 6. The number of nitrogens with zero attached hydrogens (tertiary/aromatic N) is 5. The number of benzene rings is 2. The van der Waals surface area contributed by atoms with Gasteiger partial charge in [-0.25, -0.2) is 27.8 Å². The van der Waals surface area contributed by atoms with Crippen LogP contribution >= 0.6 is 0 Å². The standard InChI is InChI=1S/C28H23F7N6O3S/c29-19-3-1-16(2-4-19)23-24(41-11-12-44-26(41)39-23)22-5-8-36-25(38-22)37-20-6-9-40(10-7-20)45(42,43)21-14-17(27(30,31)32)13-18(15-21)28(33,34)35/h1-5,8,11-15,20,23-24H,6-7,9-10H2,(H,36,37,38). The van der Waals surface area contributed by atoms with Crippen LogP contribution in [0.4, 0.5) is 36.7 Å². The van der Waals surface area contributed by atoms with Crippen molar-refractivity contribution in [3.05, 3.63) is 95.4 Å². The first kappa shape index (κ1) is 30.8. The molecule has 3 aliphatic heterocycles. The Bertz CT molecular complexity index is 1720. The molecule has 1 N–H and O–H groups in total. The number of sulfonamides is 1. The monoisotopic (exact) mass is 656 g/mol. The van der Waals surface area contributed by atoms with E-state index in [9.17, 15) is 39.2 Å². The number of halogens is 7. The molecule has 2 aromatic carbocycles. The third kappa shape index (κ3) is 6.18. The molecule has 0 aliphatic carbocycles. The molecule has 3 aromatic rings. The van der Waals surface area contributed by atoms with Gasteiger partial charge in [0, 0.05) is 31.5 Å². The molecule has 2 atom stereocenters. The minimum absolute atomic E-state index is 0.114. The smallest absolute Gasteiger partial charge is 0.416 e. The summed E-state index contributed by atoms with van der Waals surface area (Å²) in [6.07, 6.45) is -5.32. The van der Waals surface area contributed by atoms with Crippen LogP contribution in [0.2, 0.25) is 0 Å². The van der Waals surface area contributed by atoms with Gasteiger partial charge in [-0.2, -0.15) is 30.6 Å². The number of alkyl halides is 6. The fourth-order valence-corrected chi connectivity index (χ4v) is 6.95. The maximum absolute atomic E-state index is 13.6. The Morgan fingerprint density at radius 1 is 0.911 bits per heavy atom. The van der Waals surface area contributed by atoms with Crippen molar-refractivity contribution in [2.24, 2.45) is 4.99 Å². The minimum atomic E-state index is -5.18. The maximum atomic E-state index is 13.6. The van der Waals surface area contributed by atoms with Crippen LogP contribution in [0.3, 0.4) is 0 Å². The lowest BCUT2D eigenvalue weighted by atomic mass is 9.97. The molecule has 2 unspecified atom stereocenters. The quantitative estimate of drug-likeness (QED) is 0.331. The van der Waals surface area contributed by atoms with Gasteiger partial charge in [0.1, 0.15) is 24.2 Å². The lowest BCUT2D eigenvalue weighted by Crippen LogP contribution is -2.42. The lowest BCUT2D eigenvalue weighted by Gasteiger charge is -2.32. The Morgan fingerprint density at radius 2 is 1.56 bits per heavy atom. The van der Waals surface area contributed by atoms with Crippen molar-refractivity contribution in [1.82, 2.24) is 19.2 Å². The Kier molecular flexibility index (Phi) is 7.71. The summed E-state index contributed by atoms with van der Waals surface area (Å²) in [5.74, 6) is -0.178. The van der Waals surface area contributed by atoms with Crippen LogP contribution in [-0.2, 0) is 27.1 Å². The van der Waals surface area contributed by atoms with E-state index in [0.717, 1.165) is 9.87 Å². The third-order valence-corrected chi connectivity index (χ3v) is 9.52. The van der Waals surface area contributed by atoms with Crippen molar-refractivity contribution in [2.75, 3.05) is 18.4 Å². The summed E-state index contributed by atoms with van der Waals surface area (Å²) in [6, 6.07) is 6.97. The summed E-state index contributed by atoms with van der Waals surface area (Å²) in [7, 11) is -4.67. The van der Waals surface area contributed by atoms with Crippen molar-refractivity contribution in [3.8, 4) is 0 Å². The van der Waals surface area contributed by atoms with E-state index in [1.807, 2.05) is 0 Å². The van der Waals surface area contributed by atoms with Gasteiger partial charge in [-0.15, -0.1) is 0 Å². The second-order valence-corrected chi connectivity index (χ2v) is 12.5. The number of hydrogen-bond donors (Lipinski definition) is 1. The lowest BCUT2D eigenvalue weighted by molar-refractivity contribution is -0.143. The van der Waals surface area contributed by atoms with Crippen molar-refractivity contribution in [1.29, 1.82) is 0 Å². The molecule has 1 fully saturated rings. The number of fused-ring (bicyclic) bond motifs is 1. The molecule has 0 bridgehead atoms. The Balaban J connectivity index is 1.17. The van der Waals surface area contributed by atoms with Gasteiger partial charge in [0.2, 0.25) is 16.0 Å². The summed E-state index contributed by atoms with van der Waals surface area (Å²) in [4.78, 5) is 14.2. The van der Waals surface area contributed by atoms with Crippen LogP contribution < -0.4 is 5.32 Å². The molecule has 0 saturated carbocycles. The van der Waals surface area contributed by atoms with E-state index in [0.29, 0.717) is 11.7 Å². The van der Waals surface area contributed by atoms with Crippen LogP contribution in [-0.4, -0.2) is 52.7 Å². The fraction of sp³-hybridized carbons (Fsp3) is 0.321. The average molecular weight is 657 g/mol. The number of anilines is 1. The van der Waals surface area contributed by atoms with Gasteiger partial charge < -0.3 is 10.1 Å². The molecule has 238 valence electrons. The number of nitrogens with one attached hydrogen (secondary N) is 1. The number of hydrogen-bond acceptors (Lipinski definition) is 8. The zero-order chi connectivity index (χ0) is 32.1. The van der Waals surface area contributed by atoms with E-state index in [-0.39, 0.29) is 56.1 Å². The number of amidine groups is 1. The first-order valence-corrected chi connectivity index (χ1v) is 15.0. The van der Waals surface area contributed by atoms with E-state index in [4.69, 9.17) is 4.74 Å². The summed E-state index contributed by atoms with van der Waals surface area (Å²) in [5, 5.41) is 3.14. The normalized spacial score (nSPS) is 21.0. The van der Waals surface area contributed by atoms with E-state index < -0.39 is 56.3 Å². The van der Waals surface area contributed by atoms with Crippen LogP contribution in [0.25, 0.3) is 0 Å². The van der Waals surface area contributed by atoms with E-state index in [1.54, 1.807) is 29.3 Å². The highest BCUT2D eigenvalue weighted by molar-refractivity contribution is 7.89. The van der Waals surface area contributed by atoms with Crippen molar-refractivity contribution >= 4 is 22.0 Å². The van der Waals surface area contributed by atoms with Crippen molar-refractivity contribution < 1.29 is 43.9 Å². The molecular weight excluding hydrogens is 633 g/mol. The zero-order valence-corrected chi connectivity index (χ0v) is 23.7. The molecule has 4 heterocycles. The first-order valence-electron chi connectivity index (χ1n) is 13.5. The van der Waals surface area contributed by atoms with Crippen LogP contribution in [0.15, 0.2) is 77.1 Å². The minimum Gasteiger partial charge on any atom is -0.432 e. The van der Waals surface area contributed by atoms with Gasteiger partial charge in [-0.3, -0.25) is 4.90 Å². The van der Waals surface area contributed by atoms with Crippen LogP contribution in [0.5, 0.6) is 0 Å². The molecule has 6 rings (SSSR count). The van der Waals surface area contributed by atoms with Crippen molar-refractivity contribution in [3.63, 3.8) is 0 Å². The summed E-state index contributed by atoms with van der Waals surface area (Å²) < 4.78 is 126. The summed E-state index contributed by atoms with van der Waals surface area (Å²) in [6.45, 7) is -0.334. The van der Waals surface area contributed by atoms with Gasteiger partial charge in [0.25, 0.3) is 6.02 Å². The predicted molar refractivity (Wildman–Crippen MR) is 145 cm³/mol. The highest BCUT2D eigenvalue weighted by Gasteiger charge is 2.42. The Hall–Kier alpha value is -4.25. The molecule has 45 heavy (non-hydrogen) atoms. The van der Waals surface area contributed by atoms with Crippen molar-refractivity contribution in [2.45, 2.75) is 48.2 Å². The first-order chi connectivity index (χ1) is 21.2. The number of aromatic nitrogens is 2. The van der Waals surface area contributed by atoms with E-state index in [1.165, 1.54) is 24.6 Å². The molecule has 0 radical (unpaired) electrons. The third-order valence-electron chi connectivity index (χ3n) is 7.64. The van der Waals surface area contributed by atoms with E-state index in [2.05, 4.69) is 20.3 Å². The Morgan fingerprint density at radius 3 is 2.18 bits per heavy atom. The molecule has 9 nitrogen and oxygen atoms in total. The highest BCUT2D eigenvalue weighted by Crippen LogP contribution is 2.43. The molecule has 17 heteroatoms. The summed E-state index contributed by atoms with van der Waals surface area (Å²) in [5.41, 5.74) is -2.13. The second-order valence-electron chi connectivity index (χ2n) is 10.5. The Labute approximate surface area is 252 Å². The van der Waals surface area contributed by atoms with E-state index >= 15 is 0 Å². The van der Waals surface area contributed by atoms with Crippen LogP contribution in [0, 0.1) is 5.82 Å². The molecule has 0 amide bonds. The number of aliphatic imine (C=N–C) groups is 1. The highest BCUT2D eigenvalue weighted by atomic mass is 32.2. The molecule has 1 saturated heterocycles. The summed E-state index contributed by atoms with van der Waals surface area (Å²) >= 11 is 0. The zero-order valence-electron chi connectivity index (χ0n) is 22.9. The van der Waals surface area contributed by atoms with Gasteiger partial charge in [-0.05, 0) is 54.8 Å². The number of ether oxygens (including phenoxy) is 1. The number of piperidine rings is 1. The van der Waals surface area contributed by atoms with Gasteiger partial charge >= 0.3 is 12.4 Å².